The Kier molecular flexibility index (Phi) is 9.63. The van der Waals surface area contributed by atoms with Crippen molar-refractivity contribution in [3.05, 3.63) is 0 Å². The van der Waals surface area contributed by atoms with Crippen molar-refractivity contribution in [2.24, 2.45) is 0 Å². The normalized spacial score (nSPS) is 14.1. The average molecular weight is 280 g/mol. The lowest BCUT2D eigenvalue weighted by Gasteiger charge is -2.20. The number of nitrogens with one attached hydrogen (secondary N) is 1. The lowest BCUT2D eigenvalue weighted by molar-refractivity contribution is 0.275. The maximum Gasteiger partial charge on any atom is 0.279 e. The van der Waals surface area contributed by atoms with E-state index in [0.29, 0.717) is 13.0 Å². The van der Waals surface area contributed by atoms with Crippen LogP contribution in [0.25, 0.3) is 0 Å². The standard InChI is InChI=1S/C12H28N2O3S/c1-4-5-6-7-9-12(2)13-18(16,17)14(3)10-8-11-15/h12-13,15H,4-11H2,1-3H3. The molecule has 0 saturated heterocycles. The Labute approximate surface area is 112 Å². The molecule has 0 fully saturated rings. The summed E-state index contributed by atoms with van der Waals surface area (Å²) in [7, 11) is -1.87. The zero-order valence-electron chi connectivity index (χ0n) is 11.9. The Morgan fingerprint density at radius 3 is 2.44 bits per heavy atom. The van der Waals surface area contributed by atoms with Gasteiger partial charge in [0.1, 0.15) is 0 Å². The van der Waals surface area contributed by atoms with E-state index in [4.69, 9.17) is 5.11 Å². The minimum atomic E-state index is -3.40. The van der Waals surface area contributed by atoms with Crippen LogP contribution >= 0.6 is 0 Å². The molecule has 6 heteroatoms. The van der Waals surface area contributed by atoms with Crippen molar-refractivity contribution in [1.82, 2.24) is 9.03 Å². The average Bonchev–Trinajstić information content (AvgIpc) is 2.31. The fourth-order valence-electron chi connectivity index (χ4n) is 1.69. The summed E-state index contributed by atoms with van der Waals surface area (Å²) >= 11 is 0. The van der Waals surface area contributed by atoms with Crippen LogP contribution in [0.2, 0.25) is 0 Å². The van der Waals surface area contributed by atoms with Crippen molar-refractivity contribution in [2.75, 3.05) is 20.2 Å². The van der Waals surface area contributed by atoms with Crippen LogP contribution in [0.3, 0.4) is 0 Å². The summed E-state index contributed by atoms with van der Waals surface area (Å²) in [5.74, 6) is 0. The molecule has 1 atom stereocenters. The van der Waals surface area contributed by atoms with Gasteiger partial charge >= 0.3 is 0 Å². The second-order valence-corrected chi connectivity index (χ2v) is 6.58. The molecule has 18 heavy (non-hydrogen) atoms. The van der Waals surface area contributed by atoms with E-state index in [1.165, 1.54) is 24.2 Å². The third-order valence-corrected chi connectivity index (χ3v) is 4.59. The van der Waals surface area contributed by atoms with Crippen LogP contribution in [0.4, 0.5) is 0 Å². The monoisotopic (exact) mass is 280 g/mol. The number of aliphatic hydroxyl groups is 1. The molecule has 0 aromatic carbocycles. The van der Waals surface area contributed by atoms with Gasteiger partial charge in [-0.25, -0.2) is 0 Å². The van der Waals surface area contributed by atoms with Crippen LogP contribution in [-0.4, -0.2) is 44.1 Å². The van der Waals surface area contributed by atoms with E-state index in [1.807, 2.05) is 6.92 Å². The first-order valence-electron chi connectivity index (χ1n) is 6.78. The minimum Gasteiger partial charge on any atom is -0.396 e. The maximum atomic E-state index is 11.9. The van der Waals surface area contributed by atoms with Gasteiger partial charge in [-0.1, -0.05) is 32.6 Å². The Morgan fingerprint density at radius 1 is 1.22 bits per heavy atom. The van der Waals surface area contributed by atoms with E-state index in [-0.39, 0.29) is 12.6 Å². The van der Waals surface area contributed by atoms with E-state index in [1.54, 1.807) is 0 Å². The number of hydrogen-bond acceptors (Lipinski definition) is 3. The van der Waals surface area contributed by atoms with Crippen molar-refractivity contribution in [3.8, 4) is 0 Å². The molecule has 0 radical (unpaired) electrons. The van der Waals surface area contributed by atoms with Crippen molar-refractivity contribution in [1.29, 1.82) is 0 Å². The van der Waals surface area contributed by atoms with Crippen molar-refractivity contribution in [3.63, 3.8) is 0 Å². The lowest BCUT2D eigenvalue weighted by Crippen LogP contribution is -2.43. The maximum absolute atomic E-state index is 11.9. The molecular weight excluding hydrogens is 252 g/mol. The second kappa shape index (κ2) is 9.72. The molecule has 0 heterocycles. The Hall–Kier alpha value is -0.170. The van der Waals surface area contributed by atoms with Crippen molar-refractivity contribution in [2.45, 2.75) is 58.4 Å². The van der Waals surface area contributed by atoms with E-state index < -0.39 is 10.2 Å². The molecule has 0 aromatic heterocycles. The zero-order valence-corrected chi connectivity index (χ0v) is 12.7. The van der Waals surface area contributed by atoms with Gasteiger partial charge < -0.3 is 5.11 Å². The van der Waals surface area contributed by atoms with Gasteiger partial charge in [0.2, 0.25) is 0 Å². The van der Waals surface area contributed by atoms with Gasteiger partial charge in [0.15, 0.2) is 0 Å². The first kappa shape index (κ1) is 17.8. The number of aliphatic hydroxyl groups excluding tert-OH is 1. The Morgan fingerprint density at radius 2 is 1.89 bits per heavy atom. The highest BCUT2D eigenvalue weighted by Crippen LogP contribution is 2.07. The van der Waals surface area contributed by atoms with Crippen LogP contribution < -0.4 is 4.72 Å². The summed E-state index contributed by atoms with van der Waals surface area (Å²) in [6.45, 7) is 4.40. The molecule has 5 nitrogen and oxygen atoms in total. The first-order valence-corrected chi connectivity index (χ1v) is 8.22. The van der Waals surface area contributed by atoms with Gasteiger partial charge in [0.05, 0.1) is 0 Å². The highest BCUT2D eigenvalue weighted by molar-refractivity contribution is 7.87. The van der Waals surface area contributed by atoms with Crippen LogP contribution in [-0.2, 0) is 10.2 Å². The van der Waals surface area contributed by atoms with Crippen LogP contribution in [0.15, 0.2) is 0 Å². The summed E-state index contributed by atoms with van der Waals surface area (Å²) in [5.41, 5.74) is 0. The van der Waals surface area contributed by atoms with Gasteiger partial charge in [-0.05, 0) is 19.8 Å². The largest absolute Gasteiger partial charge is 0.396 e. The Balaban J connectivity index is 3.99. The number of hydrogen-bond donors (Lipinski definition) is 2. The summed E-state index contributed by atoms with van der Waals surface area (Å²) in [5, 5.41) is 8.69. The van der Waals surface area contributed by atoms with Gasteiger partial charge in [0.25, 0.3) is 10.2 Å². The van der Waals surface area contributed by atoms with Crippen LogP contribution in [0.5, 0.6) is 0 Å². The van der Waals surface area contributed by atoms with E-state index in [2.05, 4.69) is 11.6 Å². The molecule has 110 valence electrons. The van der Waals surface area contributed by atoms with Crippen LogP contribution in [0, 0.1) is 0 Å². The molecule has 0 aromatic rings. The van der Waals surface area contributed by atoms with Crippen molar-refractivity contribution >= 4 is 10.2 Å². The lowest BCUT2D eigenvalue weighted by atomic mass is 10.1. The fraction of sp³-hybridized carbons (Fsp3) is 1.00. The first-order chi connectivity index (χ1) is 8.44. The highest BCUT2D eigenvalue weighted by Gasteiger charge is 2.19. The summed E-state index contributed by atoms with van der Waals surface area (Å²) in [4.78, 5) is 0. The van der Waals surface area contributed by atoms with E-state index >= 15 is 0 Å². The highest BCUT2D eigenvalue weighted by atomic mass is 32.2. The SMILES string of the molecule is CCCCCCC(C)NS(=O)(=O)N(C)CCCO. The molecule has 0 aliphatic rings. The topological polar surface area (TPSA) is 69.6 Å². The molecular formula is C12H28N2O3S. The Bertz CT molecular complexity index is 294. The second-order valence-electron chi connectivity index (χ2n) is 4.77. The molecule has 0 bridgehead atoms. The van der Waals surface area contributed by atoms with Crippen LogP contribution in [0.1, 0.15) is 52.4 Å². The van der Waals surface area contributed by atoms with Gasteiger partial charge in [-0.3, -0.25) is 0 Å². The molecule has 1 unspecified atom stereocenters. The smallest absolute Gasteiger partial charge is 0.279 e. The number of unbranched alkanes of at least 4 members (excludes halogenated alkanes) is 3. The quantitative estimate of drug-likeness (QED) is 0.563. The summed E-state index contributed by atoms with van der Waals surface area (Å²) in [6.07, 6.45) is 5.93. The molecule has 0 saturated carbocycles. The van der Waals surface area contributed by atoms with Gasteiger partial charge in [0, 0.05) is 26.2 Å². The van der Waals surface area contributed by atoms with E-state index in [0.717, 1.165) is 19.3 Å². The predicted molar refractivity (Wildman–Crippen MR) is 74.6 cm³/mol. The molecule has 0 rings (SSSR count). The van der Waals surface area contributed by atoms with Gasteiger partial charge in [-0.2, -0.15) is 17.4 Å². The summed E-state index contributed by atoms with van der Waals surface area (Å²) in [6, 6.07) is -0.0385. The zero-order chi connectivity index (χ0) is 14.0. The van der Waals surface area contributed by atoms with Crippen molar-refractivity contribution < 1.29 is 13.5 Å². The predicted octanol–water partition coefficient (Wildman–Crippen LogP) is 1.49. The van der Waals surface area contributed by atoms with E-state index in [9.17, 15) is 8.42 Å². The third-order valence-electron chi connectivity index (χ3n) is 2.88. The molecule has 0 amide bonds. The van der Waals surface area contributed by atoms with Gasteiger partial charge in [-0.15, -0.1) is 0 Å². The fourth-order valence-corrected chi connectivity index (χ4v) is 2.87. The molecule has 0 aliphatic carbocycles. The third kappa shape index (κ3) is 8.02. The molecule has 0 aliphatic heterocycles. The molecule has 0 spiro atoms. The number of rotatable bonds is 11. The summed E-state index contributed by atoms with van der Waals surface area (Å²) < 4.78 is 27.7. The molecule has 2 N–H and O–H groups in total. The minimum absolute atomic E-state index is 0.00638. The number of nitrogens with zero attached hydrogens (tertiary/aromatic N) is 1.